The van der Waals surface area contributed by atoms with E-state index in [9.17, 15) is 0 Å². The van der Waals surface area contributed by atoms with Crippen molar-refractivity contribution in [3.63, 3.8) is 0 Å². The van der Waals surface area contributed by atoms with Gasteiger partial charge in [-0.2, -0.15) is 0 Å². The van der Waals surface area contributed by atoms with Crippen LogP contribution in [-0.4, -0.2) is 19.1 Å². The van der Waals surface area contributed by atoms with Crippen molar-refractivity contribution < 1.29 is 0 Å². The molecule has 0 aromatic carbocycles. The topological polar surface area (TPSA) is 38.0 Å². The van der Waals surface area contributed by atoms with Gasteiger partial charge in [0.1, 0.15) is 0 Å². The van der Waals surface area contributed by atoms with Gasteiger partial charge in [-0.25, -0.2) is 0 Å². The molecule has 0 saturated carbocycles. The van der Waals surface area contributed by atoms with Crippen molar-refractivity contribution in [2.45, 2.75) is 46.1 Å². The molecule has 1 atom stereocenters. The Morgan fingerprint density at radius 1 is 1.08 bits per heavy atom. The Bertz CT molecular complexity index is 77.8. The van der Waals surface area contributed by atoms with Crippen LogP contribution in [0, 0.1) is 5.92 Å². The molecule has 0 amide bonds. The van der Waals surface area contributed by atoms with E-state index in [0.717, 1.165) is 25.4 Å². The van der Waals surface area contributed by atoms with Gasteiger partial charge in [-0.3, -0.25) is 0 Å². The molecule has 2 nitrogen and oxygen atoms in total. The molecule has 0 heterocycles. The second-order valence-electron chi connectivity index (χ2n) is 4.05. The van der Waals surface area contributed by atoms with Gasteiger partial charge in [0.15, 0.2) is 0 Å². The van der Waals surface area contributed by atoms with Crippen molar-refractivity contribution in [1.29, 1.82) is 0 Å². The van der Waals surface area contributed by atoms with Crippen molar-refractivity contribution in [1.82, 2.24) is 5.32 Å². The summed E-state index contributed by atoms with van der Waals surface area (Å²) in [4.78, 5) is 0. The summed E-state index contributed by atoms with van der Waals surface area (Å²) in [5.41, 5.74) is 5.63. The first-order valence-electron chi connectivity index (χ1n) is 5.09. The number of nitrogens with two attached hydrogens (primary N) is 1. The molecular weight excluding hydrogens is 148 g/mol. The average Bonchev–Trinajstić information content (AvgIpc) is 1.95. The molecule has 2 heteroatoms. The molecule has 0 fully saturated rings. The lowest BCUT2D eigenvalue weighted by Gasteiger charge is -2.07. The molecular formula is C10H24N2. The smallest absolute Gasteiger partial charge is 0.00109 e. The summed E-state index contributed by atoms with van der Waals surface area (Å²) in [6, 6.07) is 0.358. The minimum atomic E-state index is 0.358. The zero-order chi connectivity index (χ0) is 9.40. The molecule has 0 spiro atoms. The van der Waals surface area contributed by atoms with E-state index >= 15 is 0 Å². The molecule has 0 aromatic rings. The van der Waals surface area contributed by atoms with Crippen LogP contribution >= 0.6 is 0 Å². The van der Waals surface area contributed by atoms with Gasteiger partial charge in [-0.1, -0.05) is 13.8 Å². The van der Waals surface area contributed by atoms with Crippen LogP contribution in [0.4, 0.5) is 0 Å². The standard InChI is InChI=1S/C10H24N2/c1-9(2)6-8-12-7-4-5-10(3)11/h9-10,12H,4-8,11H2,1-3H3. The largest absolute Gasteiger partial charge is 0.328 e. The fourth-order valence-electron chi connectivity index (χ4n) is 1.06. The van der Waals surface area contributed by atoms with Crippen molar-refractivity contribution in [2.75, 3.05) is 13.1 Å². The van der Waals surface area contributed by atoms with Crippen LogP contribution in [0.1, 0.15) is 40.0 Å². The Kier molecular flexibility index (Phi) is 7.51. The SMILES string of the molecule is CC(C)CCNCCCC(C)N. The third-order valence-corrected chi connectivity index (χ3v) is 1.91. The van der Waals surface area contributed by atoms with E-state index in [1.54, 1.807) is 0 Å². The molecule has 74 valence electrons. The summed E-state index contributed by atoms with van der Waals surface area (Å²) in [7, 11) is 0. The highest BCUT2D eigenvalue weighted by Gasteiger charge is 1.95. The van der Waals surface area contributed by atoms with Gasteiger partial charge in [-0.15, -0.1) is 0 Å². The number of rotatable bonds is 7. The quantitative estimate of drug-likeness (QED) is 0.574. The Hall–Kier alpha value is -0.0800. The summed E-state index contributed by atoms with van der Waals surface area (Å²) in [5.74, 6) is 0.811. The van der Waals surface area contributed by atoms with Gasteiger partial charge in [0.2, 0.25) is 0 Å². The fraction of sp³-hybridized carbons (Fsp3) is 1.00. The third-order valence-electron chi connectivity index (χ3n) is 1.91. The van der Waals surface area contributed by atoms with E-state index in [4.69, 9.17) is 5.73 Å². The Labute approximate surface area is 76.9 Å². The second-order valence-corrected chi connectivity index (χ2v) is 4.05. The predicted molar refractivity (Wildman–Crippen MR) is 55.2 cm³/mol. The van der Waals surface area contributed by atoms with Crippen molar-refractivity contribution in [3.8, 4) is 0 Å². The van der Waals surface area contributed by atoms with Gasteiger partial charge < -0.3 is 11.1 Å². The van der Waals surface area contributed by atoms with E-state index in [-0.39, 0.29) is 0 Å². The van der Waals surface area contributed by atoms with Crippen LogP contribution in [0.15, 0.2) is 0 Å². The van der Waals surface area contributed by atoms with Crippen LogP contribution in [0.25, 0.3) is 0 Å². The highest BCUT2D eigenvalue weighted by atomic mass is 14.8. The Morgan fingerprint density at radius 2 is 1.75 bits per heavy atom. The fourth-order valence-corrected chi connectivity index (χ4v) is 1.06. The summed E-state index contributed by atoms with van der Waals surface area (Å²) >= 11 is 0. The zero-order valence-electron chi connectivity index (χ0n) is 8.77. The lowest BCUT2D eigenvalue weighted by atomic mass is 10.1. The van der Waals surface area contributed by atoms with Crippen LogP contribution in [0.3, 0.4) is 0 Å². The minimum Gasteiger partial charge on any atom is -0.328 e. The predicted octanol–water partition coefficient (Wildman–Crippen LogP) is 1.75. The zero-order valence-corrected chi connectivity index (χ0v) is 8.77. The molecule has 0 aliphatic carbocycles. The van der Waals surface area contributed by atoms with Gasteiger partial charge in [0, 0.05) is 6.04 Å². The van der Waals surface area contributed by atoms with Crippen molar-refractivity contribution in [2.24, 2.45) is 11.7 Å². The van der Waals surface area contributed by atoms with Crippen LogP contribution in [-0.2, 0) is 0 Å². The van der Waals surface area contributed by atoms with E-state index in [1.807, 2.05) is 0 Å². The number of hydrogen-bond donors (Lipinski definition) is 2. The van der Waals surface area contributed by atoms with E-state index in [2.05, 4.69) is 26.1 Å². The summed E-state index contributed by atoms with van der Waals surface area (Å²) < 4.78 is 0. The van der Waals surface area contributed by atoms with Gasteiger partial charge in [0.05, 0.1) is 0 Å². The molecule has 0 saturated heterocycles. The second kappa shape index (κ2) is 7.56. The molecule has 1 unspecified atom stereocenters. The summed E-state index contributed by atoms with van der Waals surface area (Å²) in [6.07, 6.45) is 3.61. The van der Waals surface area contributed by atoms with Gasteiger partial charge in [0.25, 0.3) is 0 Å². The van der Waals surface area contributed by atoms with E-state index < -0.39 is 0 Å². The lowest BCUT2D eigenvalue weighted by molar-refractivity contribution is 0.517. The van der Waals surface area contributed by atoms with Crippen molar-refractivity contribution in [3.05, 3.63) is 0 Å². The third kappa shape index (κ3) is 9.92. The van der Waals surface area contributed by atoms with Gasteiger partial charge in [-0.05, 0) is 45.2 Å². The molecule has 0 aliphatic heterocycles. The summed E-state index contributed by atoms with van der Waals surface area (Å²) in [5, 5.41) is 3.42. The van der Waals surface area contributed by atoms with Gasteiger partial charge >= 0.3 is 0 Å². The van der Waals surface area contributed by atoms with Crippen LogP contribution in [0.5, 0.6) is 0 Å². The first-order chi connectivity index (χ1) is 5.63. The lowest BCUT2D eigenvalue weighted by Crippen LogP contribution is -2.21. The normalized spacial score (nSPS) is 13.8. The monoisotopic (exact) mass is 172 g/mol. The number of hydrogen-bond acceptors (Lipinski definition) is 2. The first kappa shape index (κ1) is 11.9. The first-order valence-corrected chi connectivity index (χ1v) is 5.09. The summed E-state index contributed by atoms with van der Waals surface area (Å²) in [6.45, 7) is 8.84. The maximum absolute atomic E-state index is 5.63. The van der Waals surface area contributed by atoms with E-state index in [0.29, 0.717) is 6.04 Å². The maximum atomic E-state index is 5.63. The highest BCUT2D eigenvalue weighted by molar-refractivity contribution is 4.56. The van der Waals surface area contributed by atoms with E-state index in [1.165, 1.54) is 12.8 Å². The number of nitrogens with one attached hydrogen (secondary N) is 1. The molecule has 0 aliphatic rings. The van der Waals surface area contributed by atoms with Crippen molar-refractivity contribution >= 4 is 0 Å². The minimum absolute atomic E-state index is 0.358. The average molecular weight is 172 g/mol. The molecule has 3 N–H and O–H groups in total. The van der Waals surface area contributed by atoms with Crippen LogP contribution in [0.2, 0.25) is 0 Å². The molecule has 0 rings (SSSR count). The highest BCUT2D eigenvalue weighted by Crippen LogP contribution is 1.96. The molecule has 12 heavy (non-hydrogen) atoms. The molecule has 0 radical (unpaired) electrons. The van der Waals surface area contributed by atoms with Crippen LogP contribution < -0.4 is 11.1 Å². The maximum Gasteiger partial charge on any atom is 0.00109 e. The molecule has 0 bridgehead atoms. The Balaban J connectivity index is 2.91. The Morgan fingerprint density at radius 3 is 2.25 bits per heavy atom. The molecule has 0 aromatic heterocycles.